The summed E-state index contributed by atoms with van der Waals surface area (Å²) in [6, 6.07) is 8.52. The van der Waals surface area contributed by atoms with E-state index >= 15 is 0 Å². The summed E-state index contributed by atoms with van der Waals surface area (Å²) in [6.07, 6.45) is 1.43. The number of ether oxygens (including phenoxy) is 2. The summed E-state index contributed by atoms with van der Waals surface area (Å²) in [5, 5.41) is 0. The van der Waals surface area contributed by atoms with Crippen LogP contribution in [0.2, 0.25) is 0 Å². The number of amides is 1. The first-order valence-electron chi connectivity index (χ1n) is 6.17. The SMILES string of the molecule is C=C(NNC(=O)c1ccco1)c1ccc(OC)c(OC)c1. The molecule has 2 N–H and O–H groups in total. The molecule has 2 rings (SSSR count). The second kappa shape index (κ2) is 6.51. The summed E-state index contributed by atoms with van der Waals surface area (Å²) in [4.78, 5) is 11.7. The van der Waals surface area contributed by atoms with Crippen molar-refractivity contribution in [2.45, 2.75) is 0 Å². The summed E-state index contributed by atoms with van der Waals surface area (Å²) >= 11 is 0. The smallest absolute Gasteiger partial charge is 0.305 e. The molecular formula is C15H16N2O4. The first kappa shape index (κ1) is 14.5. The zero-order valence-corrected chi connectivity index (χ0v) is 11.8. The number of hydrazine groups is 1. The van der Waals surface area contributed by atoms with E-state index in [-0.39, 0.29) is 11.7 Å². The Bertz CT molecular complexity index is 635. The van der Waals surface area contributed by atoms with E-state index in [1.54, 1.807) is 44.6 Å². The van der Waals surface area contributed by atoms with Gasteiger partial charge in [-0.1, -0.05) is 6.58 Å². The van der Waals surface area contributed by atoms with Gasteiger partial charge in [-0.05, 0) is 30.3 Å². The molecule has 0 spiro atoms. The van der Waals surface area contributed by atoms with Crippen molar-refractivity contribution in [1.29, 1.82) is 0 Å². The van der Waals surface area contributed by atoms with E-state index in [1.807, 2.05) is 0 Å². The molecule has 1 amide bonds. The molecule has 0 atom stereocenters. The Morgan fingerprint density at radius 2 is 1.90 bits per heavy atom. The molecule has 110 valence electrons. The normalized spacial score (nSPS) is 9.81. The van der Waals surface area contributed by atoms with Crippen LogP contribution in [0.1, 0.15) is 16.1 Å². The minimum absolute atomic E-state index is 0.211. The molecule has 0 saturated heterocycles. The van der Waals surface area contributed by atoms with Crippen LogP contribution >= 0.6 is 0 Å². The number of carbonyl (C=O) groups is 1. The summed E-state index contributed by atoms with van der Waals surface area (Å²) in [6.45, 7) is 3.86. The third-order valence-electron chi connectivity index (χ3n) is 2.80. The van der Waals surface area contributed by atoms with Gasteiger partial charge in [-0.15, -0.1) is 0 Å². The Morgan fingerprint density at radius 3 is 2.52 bits per heavy atom. The van der Waals surface area contributed by atoms with Crippen LogP contribution in [-0.2, 0) is 0 Å². The highest BCUT2D eigenvalue weighted by atomic mass is 16.5. The number of furan rings is 1. The van der Waals surface area contributed by atoms with Crippen molar-refractivity contribution in [3.8, 4) is 11.5 Å². The van der Waals surface area contributed by atoms with E-state index in [2.05, 4.69) is 17.4 Å². The van der Waals surface area contributed by atoms with Crippen LogP contribution < -0.4 is 20.3 Å². The zero-order chi connectivity index (χ0) is 15.2. The number of carbonyl (C=O) groups excluding carboxylic acids is 1. The van der Waals surface area contributed by atoms with Crippen LogP contribution in [0, 0.1) is 0 Å². The van der Waals surface area contributed by atoms with Gasteiger partial charge in [0.25, 0.3) is 0 Å². The van der Waals surface area contributed by atoms with Crippen molar-refractivity contribution in [3.05, 3.63) is 54.5 Å². The van der Waals surface area contributed by atoms with E-state index in [9.17, 15) is 4.79 Å². The first-order valence-corrected chi connectivity index (χ1v) is 6.17. The van der Waals surface area contributed by atoms with Gasteiger partial charge < -0.3 is 13.9 Å². The number of benzene rings is 1. The summed E-state index contributed by atoms with van der Waals surface area (Å²) in [5.41, 5.74) is 6.49. The molecule has 1 heterocycles. The van der Waals surface area contributed by atoms with Gasteiger partial charge in [0.05, 0.1) is 26.2 Å². The van der Waals surface area contributed by atoms with Crippen LogP contribution in [0.25, 0.3) is 5.70 Å². The zero-order valence-electron chi connectivity index (χ0n) is 11.8. The van der Waals surface area contributed by atoms with Crippen molar-refractivity contribution in [2.24, 2.45) is 0 Å². The highest BCUT2D eigenvalue weighted by Gasteiger charge is 2.10. The third kappa shape index (κ3) is 3.36. The molecule has 21 heavy (non-hydrogen) atoms. The van der Waals surface area contributed by atoms with Gasteiger partial charge >= 0.3 is 5.91 Å². The van der Waals surface area contributed by atoms with E-state index in [1.165, 1.54) is 6.26 Å². The van der Waals surface area contributed by atoms with E-state index in [0.717, 1.165) is 5.56 Å². The maximum atomic E-state index is 11.7. The Labute approximate surface area is 122 Å². The summed E-state index contributed by atoms with van der Waals surface area (Å²) in [7, 11) is 3.12. The number of nitrogens with one attached hydrogen (secondary N) is 2. The molecule has 0 unspecified atom stereocenters. The van der Waals surface area contributed by atoms with E-state index in [0.29, 0.717) is 17.2 Å². The predicted molar refractivity (Wildman–Crippen MR) is 77.9 cm³/mol. The molecule has 0 aliphatic rings. The Morgan fingerprint density at radius 1 is 1.14 bits per heavy atom. The van der Waals surface area contributed by atoms with Gasteiger partial charge in [0.15, 0.2) is 17.3 Å². The molecule has 1 aromatic heterocycles. The number of hydrogen-bond acceptors (Lipinski definition) is 5. The lowest BCUT2D eigenvalue weighted by Crippen LogP contribution is -2.35. The standard InChI is InChI=1S/C15H16N2O4/c1-10(16-17-15(18)13-5-4-8-21-13)11-6-7-12(19-2)14(9-11)20-3/h4-9,16H,1H2,2-3H3,(H,17,18). The maximum Gasteiger partial charge on any atom is 0.305 e. The topological polar surface area (TPSA) is 72.7 Å². The number of rotatable bonds is 6. The Hall–Kier alpha value is -2.89. The van der Waals surface area contributed by atoms with Crippen LogP contribution in [0.3, 0.4) is 0 Å². The van der Waals surface area contributed by atoms with E-state index in [4.69, 9.17) is 13.9 Å². The molecule has 0 bridgehead atoms. The average Bonchev–Trinajstić information content (AvgIpc) is 3.06. The van der Waals surface area contributed by atoms with Crippen molar-refractivity contribution >= 4 is 11.6 Å². The lowest BCUT2D eigenvalue weighted by Gasteiger charge is -2.13. The van der Waals surface area contributed by atoms with Crippen LogP contribution in [-0.4, -0.2) is 20.1 Å². The maximum absolute atomic E-state index is 11.7. The molecule has 0 radical (unpaired) electrons. The fourth-order valence-corrected chi connectivity index (χ4v) is 1.70. The average molecular weight is 288 g/mol. The van der Waals surface area contributed by atoms with Crippen LogP contribution in [0.15, 0.2) is 47.6 Å². The lowest BCUT2D eigenvalue weighted by atomic mass is 10.1. The molecule has 6 nitrogen and oxygen atoms in total. The molecule has 2 aromatic rings. The first-order chi connectivity index (χ1) is 10.2. The van der Waals surface area contributed by atoms with Crippen molar-refractivity contribution in [3.63, 3.8) is 0 Å². The largest absolute Gasteiger partial charge is 0.493 e. The molecule has 0 aliphatic carbocycles. The number of methoxy groups -OCH3 is 2. The summed E-state index contributed by atoms with van der Waals surface area (Å²) < 4.78 is 15.4. The van der Waals surface area contributed by atoms with Crippen LogP contribution in [0.5, 0.6) is 11.5 Å². The van der Waals surface area contributed by atoms with Gasteiger partial charge in [-0.3, -0.25) is 15.6 Å². The fraction of sp³-hybridized carbons (Fsp3) is 0.133. The second-order valence-electron chi connectivity index (χ2n) is 4.10. The number of hydrogen-bond donors (Lipinski definition) is 2. The van der Waals surface area contributed by atoms with Crippen molar-refractivity contribution in [1.82, 2.24) is 10.9 Å². The fourth-order valence-electron chi connectivity index (χ4n) is 1.70. The minimum atomic E-state index is -0.387. The van der Waals surface area contributed by atoms with Crippen LogP contribution in [0.4, 0.5) is 0 Å². The Balaban J connectivity index is 2.02. The highest BCUT2D eigenvalue weighted by molar-refractivity contribution is 5.91. The van der Waals surface area contributed by atoms with Gasteiger partial charge in [-0.25, -0.2) is 0 Å². The van der Waals surface area contributed by atoms with Crippen molar-refractivity contribution < 1.29 is 18.7 Å². The monoisotopic (exact) mass is 288 g/mol. The van der Waals surface area contributed by atoms with E-state index < -0.39 is 0 Å². The van der Waals surface area contributed by atoms with Gasteiger partial charge in [-0.2, -0.15) is 0 Å². The van der Waals surface area contributed by atoms with Gasteiger partial charge in [0.2, 0.25) is 0 Å². The Kier molecular flexibility index (Phi) is 4.50. The predicted octanol–water partition coefficient (Wildman–Crippen LogP) is 2.20. The molecule has 0 fully saturated rings. The quantitative estimate of drug-likeness (QED) is 0.797. The molecule has 6 heteroatoms. The summed E-state index contributed by atoms with van der Waals surface area (Å²) in [5.74, 6) is 1.02. The molecular weight excluding hydrogens is 272 g/mol. The van der Waals surface area contributed by atoms with Gasteiger partial charge in [0.1, 0.15) is 0 Å². The highest BCUT2D eigenvalue weighted by Crippen LogP contribution is 2.29. The minimum Gasteiger partial charge on any atom is -0.493 e. The lowest BCUT2D eigenvalue weighted by molar-refractivity contribution is 0.0914. The third-order valence-corrected chi connectivity index (χ3v) is 2.80. The van der Waals surface area contributed by atoms with Gasteiger partial charge in [0, 0.05) is 5.56 Å². The molecule has 0 saturated carbocycles. The second-order valence-corrected chi connectivity index (χ2v) is 4.10. The molecule has 1 aromatic carbocycles. The molecule has 0 aliphatic heterocycles. The van der Waals surface area contributed by atoms with Crippen molar-refractivity contribution in [2.75, 3.05) is 14.2 Å².